The van der Waals surface area contributed by atoms with Crippen LogP contribution in [0.4, 0.5) is 0 Å². The number of carbonyl (C=O) groups excluding carboxylic acids is 1. The van der Waals surface area contributed by atoms with Gasteiger partial charge in [0.25, 0.3) is 5.89 Å². The van der Waals surface area contributed by atoms with Crippen LogP contribution in [0, 0.1) is 13.8 Å². The predicted molar refractivity (Wildman–Crippen MR) is 110 cm³/mol. The molecule has 0 unspecified atom stereocenters. The lowest BCUT2D eigenvalue weighted by molar-refractivity contribution is -0.156. The van der Waals surface area contributed by atoms with Crippen LogP contribution < -0.4 is 4.74 Å². The minimum Gasteiger partial charge on any atom is -0.487 e. The van der Waals surface area contributed by atoms with Crippen LogP contribution in [-0.2, 0) is 27.3 Å². The Morgan fingerprint density at radius 3 is 2.43 bits per heavy atom. The number of hydrogen-bond acceptors (Lipinski definition) is 7. The first-order chi connectivity index (χ1) is 14.5. The van der Waals surface area contributed by atoms with Crippen molar-refractivity contribution in [2.24, 2.45) is 0 Å². The molecule has 2 heterocycles. The Morgan fingerprint density at radius 1 is 1.03 bits per heavy atom. The molecular weight excluding hydrogens is 386 g/mol. The highest BCUT2D eigenvalue weighted by molar-refractivity contribution is 5.75. The van der Waals surface area contributed by atoms with Crippen molar-refractivity contribution in [2.45, 2.75) is 46.8 Å². The third kappa shape index (κ3) is 5.51. The summed E-state index contributed by atoms with van der Waals surface area (Å²) >= 11 is 0. The lowest BCUT2D eigenvalue weighted by Gasteiger charge is -2.15. The summed E-state index contributed by atoms with van der Waals surface area (Å²) in [5, 5.41) is 0. The van der Waals surface area contributed by atoms with E-state index in [2.05, 4.69) is 4.98 Å². The number of aryl methyl sites for hydroxylation is 2. The third-order valence-corrected chi connectivity index (χ3v) is 4.48. The fourth-order valence-electron chi connectivity index (χ4n) is 2.95. The minimum atomic E-state index is -0.608. The van der Waals surface area contributed by atoms with Crippen LogP contribution in [0.25, 0.3) is 11.7 Å². The van der Waals surface area contributed by atoms with Crippen molar-refractivity contribution in [2.75, 3.05) is 13.2 Å². The van der Waals surface area contributed by atoms with Crippen molar-refractivity contribution >= 4 is 5.97 Å². The van der Waals surface area contributed by atoms with Crippen molar-refractivity contribution in [3.8, 4) is 17.4 Å². The van der Waals surface area contributed by atoms with Crippen LogP contribution in [0.3, 0.4) is 0 Å². The number of furan rings is 1. The van der Waals surface area contributed by atoms with Gasteiger partial charge in [-0.15, -0.1) is 0 Å². The summed E-state index contributed by atoms with van der Waals surface area (Å²) in [5.41, 5.74) is 1.67. The van der Waals surface area contributed by atoms with Gasteiger partial charge in [0.2, 0.25) is 0 Å². The zero-order chi connectivity index (χ0) is 21.5. The van der Waals surface area contributed by atoms with E-state index in [1.807, 2.05) is 57.2 Å². The number of rotatable bonds is 10. The van der Waals surface area contributed by atoms with E-state index in [0.717, 1.165) is 11.3 Å². The highest BCUT2D eigenvalue weighted by Crippen LogP contribution is 2.24. The Kier molecular flexibility index (Phi) is 7.30. The number of oxazole rings is 1. The lowest BCUT2D eigenvalue weighted by atomic mass is 10.1. The first-order valence-corrected chi connectivity index (χ1v) is 10.0. The average molecular weight is 413 g/mol. The number of benzene rings is 1. The smallest absolute Gasteiger partial charge is 0.335 e. The van der Waals surface area contributed by atoms with E-state index >= 15 is 0 Å². The highest BCUT2D eigenvalue weighted by Gasteiger charge is 2.20. The molecule has 0 spiro atoms. The first-order valence-electron chi connectivity index (χ1n) is 10.0. The molecule has 1 aromatic carbocycles. The van der Waals surface area contributed by atoms with Gasteiger partial charge in [-0.2, -0.15) is 0 Å². The molecule has 3 aromatic rings. The van der Waals surface area contributed by atoms with Gasteiger partial charge in [-0.3, -0.25) is 0 Å². The van der Waals surface area contributed by atoms with Crippen molar-refractivity contribution in [1.29, 1.82) is 0 Å². The molecule has 160 valence electrons. The van der Waals surface area contributed by atoms with Gasteiger partial charge in [0.15, 0.2) is 11.9 Å². The molecule has 7 heteroatoms. The molecule has 0 saturated heterocycles. The monoisotopic (exact) mass is 413 g/mol. The van der Waals surface area contributed by atoms with Crippen LogP contribution >= 0.6 is 0 Å². The predicted octanol–water partition coefficient (Wildman–Crippen LogP) is 4.64. The SMILES string of the molecule is CCOC(=O)[C@@H](Cc1ccc(OCc2nc(-c3ccc(C)o3)oc2C)cc1)OCC. The molecule has 0 aliphatic heterocycles. The highest BCUT2D eigenvalue weighted by atomic mass is 16.6. The Balaban J connectivity index is 1.59. The van der Waals surface area contributed by atoms with Crippen molar-refractivity contribution in [1.82, 2.24) is 4.98 Å². The second kappa shape index (κ2) is 10.1. The normalized spacial score (nSPS) is 12.0. The van der Waals surface area contributed by atoms with E-state index in [9.17, 15) is 4.79 Å². The van der Waals surface area contributed by atoms with Gasteiger partial charge in [-0.1, -0.05) is 12.1 Å². The maximum atomic E-state index is 12.0. The Hall–Kier alpha value is -3.06. The molecule has 0 bridgehead atoms. The standard InChI is InChI=1S/C23H27NO6/c1-5-26-21(23(25)27-6-2)13-17-8-10-18(11-9-17)28-14-19-16(4)30-22(24-19)20-12-7-15(3)29-20/h7-12,21H,5-6,13-14H2,1-4H3/t21-/m1/s1. The van der Waals surface area contributed by atoms with E-state index in [1.165, 1.54) is 0 Å². The molecule has 3 rings (SSSR count). The zero-order valence-corrected chi connectivity index (χ0v) is 17.8. The molecule has 2 aromatic heterocycles. The van der Waals surface area contributed by atoms with Gasteiger partial charge in [0.1, 0.15) is 29.6 Å². The minimum absolute atomic E-state index is 0.277. The zero-order valence-electron chi connectivity index (χ0n) is 17.8. The van der Waals surface area contributed by atoms with Crippen molar-refractivity contribution in [3.63, 3.8) is 0 Å². The lowest BCUT2D eigenvalue weighted by Crippen LogP contribution is -2.28. The number of nitrogens with zero attached hydrogens (tertiary/aromatic N) is 1. The van der Waals surface area contributed by atoms with Crippen molar-refractivity contribution in [3.05, 3.63) is 59.2 Å². The summed E-state index contributed by atoms with van der Waals surface area (Å²) in [5.74, 6) is 2.87. The molecule has 1 atom stereocenters. The number of carbonyl (C=O) groups is 1. The third-order valence-electron chi connectivity index (χ3n) is 4.48. The first kappa shape index (κ1) is 21.6. The summed E-state index contributed by atoms with van der Waals surface area (Å²) in [4.78, 5) is 16.5. The molecule has 0 amide bonds. The fourth-order valence-corrected chi connectivity index (χ4v) is 2.95. The van der Waals surface area contributed by atoms with Gasteiger partial charge in [0, 0.05) is 13.0 Å². The number of hydrogen-bond donors (Lipinski definition) is 0. The van der Waals surface area contributed by atoms with Crippen LogP contribution in [0.1, 0.15) is 36.6 Å². The number of esters is 1. The maximum absolute atomic E-state index is 12.0. The van der Waals surface area contributed by atoms with E-state index in [0.29, 0.717) is 48.5 Å². The second-order valence-electron chi connectivity index (χ2n) is 6.76. The van der Waals surface area contributed by atoms with Gasteiger partial charge >= 0.3 is 5.97 Å². The summed E-state index contributed by atoms with van der Waals surface area (Å²) < 4.78 is 27.7. The molecule has 0 saturated carbocycles. The van der Waals surface area contributed by atoms with Crippen molar-refractivity contribution < 1.29 is 27.8 Å². The second-order valence-corrected chi connectivity index (χ2v) is 6.76. The van der Waals surface area contributed by atoms with Gasteiger partial charge in [0.05, 0.1) is 6.61 Å². The van der Waals surface area contributed by atoms with E-state index in [4.69, 9.17) is 23.0 Å². The Bertz CT molecular complexity index is 956. The van der Waals surface area contributed by atoms with Crippen LogP contribution in [0.15, 0.2) is 45.2 Å². The summed E-state index contributed by atoms with van der Waals surface area (Å²) in [6.45, 7) is 8.40. The number of ether oxygens (including phenoxy) is 3. The van der Waals surface area contributed by atoms with Crippen LogP contribution in [0.2, 0.25) is 0 Å². The fraction of sp³-hybridized carbons (Fsp3) is 0.391. The molecule has 0 fully saturated rings. The quantitative estimate of drug-likeness (QED) is 0.448. The van der Waals surface area contributed by atoms with Crippen LogP contribution in [0.5, 0.6) is 5.75 Å². The molecular formula is C23H27NO6. The molecule has 0 radical (unpaired) electrons. The van der Waals surface area contributed by atoms with E-state index < -0.39 is 6.10 Å². The number of aromatic nitrogens is 1. The molecule has 7 nitrogen and oxygen atoms in total. The average Bonchev–Trinajstić information content (AvgIpc) is 3.32. The maximum Gasteiger partial charge on any atom is 0.335 e. The van der Waals surface area contributed by atoms with Crippen LogP contribution in [-0.4, -0.2) is 30.3 Å². The summed E-state index contributed by atoms with van der Waals surface area (Å²) in [6.07, 6.45) is -0.162. The molecule has 0 aliphatic carbocycles. The van der Waals surface area contributed by atoms with Gasteiger partial charge in [-0.25, -0.2) is 9.78 Å². The molecule has 0 aliphatic rings. The van der Waals surface area contributed by atoms with Gasteiger partial charge in [-0.05, 0) is 57.5 Å². The largest absolute Gasteiger partial charge is 0.487 e. The summed E-state index contributed by atoms with van der Waals surface area (Å²) in [7, 11) is 0. The molecule has 30 heavy (non-hydrogen) atoms. The topological polar surface area (TPSA) is 83.9 Å². The summed E-state index contributed by atoms with van der Waals surface area (Å²) in [6, 6.07) is 11.2. The van der Waals surface area contributed by atoms with E-state index in [1.54, 1.807) is 6.92 Å². The van der Waals surface area contributed by atoms with E-state index in [-0.39, 0.29) is 12.6 Å². The Labute approximate surface area is 176 Å². The molecule has 0 N–H and O–H groups in total. The van der Waals surface area contributed by atoms with Gasteiger partial charge < -0.3 is 23.0 Å². The Morgan fingerprint density at radius 2 is 1.80 bits per heavy atom.